The molecule has 1 aliphatic rings. The maximum absolute atomic E-state index is 14.5. The molecule has 36 heavy (non-hydrogen) atoms. The number of aromatic amines is 1. The smallest absolute Gasteiger partial charge is 0.182 e. The number of anilines is 1. The monoisotopic (exact) mass is 486 g/mol. The molecule has 1 N–H and O–H groups in total. The number of likely N-dealkylation sites (N-methyl/N-ethyl adjacent to an activating group) is 1. The zero-order valence-corrected chi connectivity index (χ0v) is 19.7. The van der Waals surface area contributed by atoms with Crippen LogP contribution in [-0.2, 0) is 0 Å². The lowest BCUT2D eigenvalue weighted by Crippen LogP contribution is -2.46. The number of rotatable bonds is 5. The summed E-state index contributed by atoms with van der Waals surface area (Å²) in [6, 6.07) is 10.1. The van der Waals surface area contributed by atoms with E-state index in [-0.39, 0.29) is 5.69 Å². The third-order valence-electron chi connectivity index (χ3n) is 6.74. The molecule has 8 nitrogen and oxygen atoms in total. The molecule has 5 heterocycles. The summed E-state index contributed by atoms with van der Waals surface area (Å²) in [6.07, 6.45) is 6.76. The van der Waals surface area contributed by atoms with Crippen molar-refractivity contribution in [2.45, 2.75) is 6.92 Å². The largest absolute Gasteiger partial charge is 0.354 e. The topological polar surface area (TPSA) is 78.8 Å². The number of aromatic nitrogens is 6. The first-order valence-corrected chi connectivity index (χ1v) is 11.9. The summed E-state index contributed by atoms with van der Waals surface area (Å²) >= 11 is 0. The molecule has 6 rings (SSSR count). The first-order valence-electron chi connectivity index (χ1n) is 11.9. The van der Waals surface area contributed by atoms with Gasteiger partial charge in [-0.1, -0.05) is 13.0 Å². The van der Waals surface area contributed by atoms with Crippen molar-refractivity contribution in [2.75, 3.05) is 37.6 Å². The maximum Gasteiger partial charge on any atom is 0.182 e. The first-order chi connectivity index (χ1) is 17.6. The van der Waals surface area contributed by atoms with Crippen LogP contribution in [0.4, 0.5) is 14.6 Å². The number of pyridine rings is 2. The molecule has 0 aliphatic carbocycles. The van der Waals surface area contributed by atoms with E-state index in [2.05, 4.69) is 36.9 Å². The number of fused-ring (bicyclic) bond motifs is 1. The van der Waals surface area contributed by atoms with Crippen molar-refractivity contribution >= 4 is 16.9 Å². The zero-order valence-electron chi connectivity index (χ0n) is 19.7. The molecule has 1 saturated heterocycles. The number of nitrogens with one attached hydrogen (secondary N) is 1. The van der Waals surface area contributed by atoms with Crippen molar-refractivity contribution in [3.05, 3.63) is 73.0 Å². The Balaban J connectivity index is 1.33. The predicted molar refractivity (Wildman–Crippen MR) is 134 cm³/mol. The van der Waals surface area contributed by atoms with Gasteiger partial charge in [0.15, 0.2) is 17.5 Å². The molecule has 0 amide bonds. The van der Waals surface area contributed by atoms with Crippen molar-refractivity contribution in [3.63, 3.8) is 0 Å². The van der Waals surface area contributed by atoms with Crippen LogP contribution in [0.2, 0.25) is 0 Å². The van der Waals surface area contributed by atoms with Gasteiger partial charge in [0.25, 0.3) is 0 Å². The predicted octanol–water partition coefficient (Wildman–Crippen LogP) is 4.29. The summed E-state index contributed by atoms with van der Waals surface area (Å²) in [4.78, 5) is 17.1. The van der Waals surface area contributed by atoms with Crippen molar-refractivity contribution < 1.29 is 8.78 Å². The minimum Gasteiger partial charge on any atom is -0.354 e. The fourth-order valence-electron chi connectivity index (χ4n) is 4.66. The second kappa shape index (κ2) is 9.12. The van der Waals surface area contributed by atoms with Gasteiger partial charge in [0.2, 0.25) is 0 Å². The van der Waals surface area contributed by atoms with Crippen LogP contribution in [0.3, 0.4) is 0 Å². The highest BCUT2D eigenvalue weighted by atomic mass is 19.2. The molecule has 0 atom stereocenters. The Bertz CT molecular complexity index is 1520. The van der Waals surface area contributed by atoms with E-state index in [4.69, 9.17) is 4.98 Å². The lowest BCUT2D eigenvalue weighted by atomic mass is 10.1. The highest BCUT2D eigenvalue weighted by molar-refractivity contribution is 5.94. The molecule has 0 bridgehead atoms. The van der Waals surface area contributed by atoms with Gasteiger partial charge in [-0.05, 0) is 36.9 Å². The molecule has 1 aliphatic heterocycles. The average Bonchev–Trinajstić information content (AvgIpc) is 3.57. The van der Waals surface area contributed by atoms with Crippen LogP contribution in [0, 0.1) is 11.6 Å². The van der Waals surface area contributed by atoms with Crippen LogP contribution < -0.4 is 4.90 Å². The molecule has 5 aromatic rings. The van der Waals surface area contributed by atoms with Gasteiger partial charge in [0.1, 0.15) is 17.8 Å². The zero-order chi connectivity index (χ0) is 24.6. The van der Waals surface area contributed by atoms with E-state index in [1.54, 1.807) is 12.4 Å². The summed E-state index contributed by atoms with van der Waals surface area (Å²) in [5, 5.41) is 8.93. The van der Waals surface area contributed by atoms with Crippen LogP contribution in [0.25, 0.3) is 39.2 Å². The summed E-state index contributed by atoms with van der Waals surface area (Å²) in [5.41, 5.74) is 3.19. The van der Waals surface area contributed by atoms with Gasteiger partial charge in [0, 0.05) is 66.8 Å². The summed E-state index contributed by atoms with van der Waals surface area (Å²) < 4.78 is 29.8. The third-order valence-corrected chi connectivity index (χ3v) is 6.74. The third kappa shape index (κ3) is 3.89. The van der Waals surface area contributed by atoms with Gasteiger partial charge < -0.3 is 14.8 Å². The number of halogens is 2. The molecule has 0 radical (unpaired) electrons. The van der Waals surface area contributed by atoms with Gasteiger partial charge in [0.05, 0.1) is 5.69 Å². The van der Waals surface area contributed by atoms with Gasteiger partial charge in [-0.3, -0.25) is 4.57 Å². The molecule has 10 heteroatoms. The fraction of sp³-hybridized carbons (Fsp3) is 0.231. The van der Waals surface area contributed by atoms with Crippen LogP contribution in [0.5, 0.6) is 0 Å². The molecule has 0 spiro atoms. The second-order valence-electron chi connectivity index (χ2n) is 8.75. The highest BCUT2D eigenvalue weighted by Crippen LogP contribution is 2.32. The number of benzene rings is 1. The summed E-state index contributed by atoms with van der Waals surface area (Å²) in [5.74, 6) is -0.543. The molecule has 4 aromatic heterocycles. The lowest BCUT2D eigenvalue weighted by molar-refractivity contribution is 0.270. The molecule has 0 saturated carbocycles. The number of hydrogen-bond acceptors (Lipinski definition) is 6. The van der Waals surface area contributed by atoms with Crippen LogP contribution in [-0.4, -0.2) is 67.3 Å². The standard InChI is InChI=1S/C26H24F2N8/c1-2-34-8-10-35(11-9-34)23-7-6-17(13-29-23)18-12-19-20(15-31-25(19)30-14-18)26-33-32-16-36(26)22-5-3-4-21(27)24(22)28/h3-7,12-16H,2,8-11H2,1H3,(H,30,31). The molecule has 1 fully saturated rings. The number of hydrogen-bond donors (Lipinski definition) is 1. The number of piperazine rings is 1. The Morgan fingerprint density at radius 3 is 2.58 bits per heavy atom. The van der Waals surface area contributed by atoms with E-state index >= 15 is 0 Å². The Labute approximate surface area is 206 Å². The minimum atomic E-state index is -0.959. The van der Waals surface area contributed by atoms with Crippen LogP contribution in [0.15, 0.2) is 61.3 Å². The first kappa shape index (κ1) is 22.3. The van der Waals surface area contributed by atoms with Gasteiger partial charge in [-0.2, -0.15) is 0 Å². The van der Waals surface area contributed by atoms with Crippen molar-refractivity contribution in [3.8, 4) is 28.2 Å². The van der Waals surface area contributed by atoms with Crippen molar-refractivity contribution in [1.29, 1.82) is 0 Å². The number of H-pyrrole nitrogens is 1. The van der Waals surface area contributed by atoms with Crippen LogP contribution in [0.1, 0.15) is 6.92 Å². The molecular formula is C26H24F2N8. The fourth-order valence-corrected chi connectivity index (χ4v) is 4.66. The quantitative estimate of drug-likeness (QED) is 0.399. The van der Waals surface area contributed by atoms with Gasteiger partial charge >= 0.3 is 0 Å². The Morgan fingerprint density at radius 1 is 0.972 bits per heavy atom. The molecule has 182 valence electrons. The second-order valence-corrected chi connectivity index (χ2v) is 8.75. The van der Waals surface area contributed by atoms with E-state index < -0.39 is 11.6 Å². The van der Waals surface area contributed by atoms with E-state index in [0.717, 1.165) is 61.1 Å². The SMILES string of the molecule is CCN1CCN(c2ccc(-c3cnc4[nH]cc(-c5nncn5-c5cccc(F)c5F)c4c3)cn2)CC1. The van der Waals surface area contributed by atoms with E-state index in [0.29, 0.717) is 17.0 Å². The van der Waals surface area contributed by atoms with Crippen molar-refractivity contribution in [2.24, 2.45) is 0 Å². The molecule has 0 unspecified atom stereocenters. The van der Waals surface area contributed by atoms with E-state index in [1.165, 1.54) is 23.0 Å². The van der Waals surface area contributed by atoms with Crippen molar-refractivity contribution in [1.82, 2.24) is 34.6 Å². The molecular weight excluding hydrogens is 462 g/mol. The van der Waals surface area contributed by atoms with Crippen LogP contribution >= 0.6 is 0 Å². The van der Waals surface area contributed by atoms with E-state index in [9.17, 15) is 8.78 Å². The summed E-state index contributed by atoms with van der Waals surface area (Å²) in [6.45, 7) is 7.28. The summed E-state index contributed by atoms with van der Waals surface area (Å²) in [7, 11) is 0. The van der Waals surface area contributed by atoms with Gasteiger partial charge in [-0.15, -0.1) is 10.2 Å². The molecule has 1 aromatic carbocycles. The maximum atomic E-state index is 14.5. The highest BCUT2D eigenvalue weighted by Gasteiger charge is 2.19. The van der Waals surface area contributed by atoms with Gasteiger partial charge in [-0.25, -0.2) is 18.7 Å². The lowest BCUT2D eigenvalue weighted by Gasteiger charge is -2.34. The normalized spacial score (nSPS) is 14.6. The average molecular weight is 487 g/mol. The minimum absolute atomic E-state index is 0.0352. The Morgan fingerprint density at radius 2 is 1.81 bits per heavy atom. The Kier molecular flexibility index (Phi) is 5.65. The number of nitrogens with zero attached hydrogens (tertiary/aromatic N) is 7. The Hall–Kier alpha value is -4.18. The van der Waals surface area contributed by atoms with E-state index in [1.807, 2.05) is 24.4 Å².